The Kier molecular flexibility index (Phi) is 6.17. The molecular weight excluding hydrogens is 374 g/mol. The first-order valence-electron chi connectivity index (χ1n) is 9.57. The van der Waals surface area contributed by atoms with Gasteiger partial charge in [0.1, 0.15) is 0 Å². The minimum atomic E-state index is -3.51. The Labute approximate surface area is 167 Å². The third kappa shape index (κ3) is 4.43. The van der Waals surface area contributed by atoms with Gasteiger partial charge in [0, 0.05) is 5.69 Å². The molecule has 0 unspecified atom stereocenters. The van der Waals surface area contributed by atoms with Crippen molar-refractivity contribution in [3.05, 3.63) is 59.7 Å². The van der Waals surface area contributed by atoms with Crippen molar-refractivity contribution in [2.45, 2.75) is 31.7 Å². The molecule has 6 nitrogen and oxygen atoms in total. The van der Waals surface area contributed by atoms with E-state index >= 15 is 0 Å². The highest BCUT2D eigenvalue weighted by molar-refractivity contribution is 7.89. The van der Waals surface area contributed by atoms with Crippen LogP contribution >= 0.6 is 0 Å². The van der Waals surface area contributed by atoms with E-state index in [1.165, 1.54) is 4.31 Å². The second-order valence-electron chi connectivity index (χ2n) is 7.41. The van der Waals surface area contributed by atoms with Crippen LogP contribution in [0.4, 0.5) is 5.69 Å². The van der Waals surface area contributed by atoms with Crippen LogP contribution in [0.3, 0.4) is 0 Å². The zero-order valence-electron chi connectivity index (χ0n) is 16.6. The molecule has 1 fully saturated rings. The van der Waals surface area contributed by atoms with Crippen molar-refractivity contribution in [3.63, 3.8) is 0 Å². The highest BCUT2D eigenvalue weighted by Gasteiger charge is 2.35. The molecule has 1 saturated heterocycles. The first-order chi connectivity index (χ1) is 13.3. The number of rotatable bonds is 5. The van der Waals surface area contributed by atoms with Crippen LogP contribution < -0.4 is 10.2 Å². The normalized spacial score (nSPS) is 17.2. The number of para-hydroxylation sites is 1. The Hall–Kier alpha value is -2.22. The zero-order valence-corrected chi connectivity index (χ0v) is 17.4. The molecule has 0 bridgehead atoms. The second kappa shape index (κ2) is 8.43. The number of nitrogens with one attached hydrogen (secondary N) is 2. The summed E-state index contributed by atoms with van der Waals surface area (Å²) in [7, 11) is -3.51. The lowest BCUT2D eigenvalue weighted by Crippen LogP contribution is -3.19. The summed E-state index contributed by atoms with van der Waals surface area (Å²) in [6.45, 7) is 7.70. The van der Waals surface area contributed by atoms with Gasteiger partial charge in [0.25, 0.3) is 5.91 Å². The Morgan fingerprint density at radius 1 is 1.07 bits per heavy atom. The molecule has 1 atom stereocenters. The molecule has 0 aliphatic carbocycles. The van der Waals surface area contributed by atoms with Gasteiger partial charge in [-0.15, -0.1) is 0 Å². The summed E-state index contributed by atoms with van der Waals surface area (Å²) in [6.07, 6.45) is 0. The number of nitrogens with zero attached hydrogens (tertiary/aromatic N) is 1. The molecule has 1 heterocycles. The van der Waals surface area contributed by atoms with Crippen molar-refractivity contribution < 1.29 is 18.1 Å². The second-order valence-corrected chi connectivity index (χ2v) is 9.31. The molecule has 3 rings (SSSR count). The van der Waals surface area contributed by atoms with Gasteiger partial charge < -0.3 is 10.2 Å². The Bertz CT molecular complexity index is 937. The van der Waals surface area contributed by atoms with Gasteiger partial charge in [-0.2, -0.15) is 4.31 Å². The molecule has 0 aromatic heterocycles. The maximum Gasteiger partial charge on any atom is 0.282 e. The number of hydrogen-bond acceptors (Lipinski definition) is 3. The molecule has 28 heavy (non-hydrogen) atoms. The first kappa shape index (κ1) is 20.5. The summed E-state index contributed by atoms with van der Waals surface area (Å²) >= 11 is 0. The van der Waals surface area contributed by atoms with E-state index < -0.39 is 10.0 Å². The van der Waals surface area contributed by atoms with E-state index in [9.17, 15) is 13.2 Å². The molecule has 7 heteroatoms. The van der Waals surface area contributed by atoms with Gasteiger partial charge in [-0.05, 0) is 44.5 Å². The van der Waals surface area contributed by atoms with Gasteiger partial charge in [0.05, 0.1) is 31.1 Å². The SMILES string of the molecule is Cc1ccc(S(=O)(=O)N2CC[NH+]([C@H](C)C(=O)Nc3ccccc3)CC2)c(C)c1. The molecule has 1 amide bonds. The van der Waals surface area contributed by atoms with E-state index in [-0.39, 0.29) is 11.9 Å². The van der Waals surface area contributed by atoms with Crippen molar-refractivity contribution >= 4 is 21.6 Å². The molecule has 2 aromatic carbocycles. The number of anilines is 1. The number of sulfonamides is 1. The van der Waals surface area contributed by atoms with Crippen molar-refractivity contribution in [2.24, 2.45) is 0 Å². The van der Waals surface area contributed by atoms with Crippen molar-refractivity contribution in [2.75, 3.05) is 31.5 Å². The standard InChI is InChI=1S/C21H27N3O3S/c1-16-9-10-20(17(2)15-16)28(26,27)24-13-11-23(12-14-24)18(3)21(25)22-19-7-5-4-6-8-19/h4-10,15,18H,11-14H2,1-3H3,(H,22,25)/p+1/t18-/m1/s1. The van der Waals surface area contributed by atoms with Crippen LogP contribution in [0.15, 0.2) is 53.4 Å². The summed E-state index contributed by atoms with van der Waals surface area (Å²) < 4.78 is 27.6. The van der Waals surface area contributed by atoms with E-state index in [0.717, 1.165) is 21.7 Å². The summed E-state index contributed by atoms with van der Waals surface area (Å²) in [5.41, 5.74) is 2.59. The molecule has 0 spiro atoms. The van der Waals surface area contributed by atoms with Gasteiger partial charge >= 0.3 is 0 Å². The van der Waals surface area contributed by atoms with E-state index in [1.54, 1.807) is 6.07 Å². The van der Waals surface area contributed by atoms with Crippen LogP contribution in [0.1, 0.15) is 18.1 Å². The molecule has 0 radical (unpaired) electrons. The average molecular weight is 403 g/mol. The van der Waals surface area contributed by atoms with E-state index in [0.29, 0.717) is 31.1 Å². The maximum absolute atomic E-state index is 13.0. The smallest absolute Gasteiger partial charge is 0.282 e. The van der Waals surface area contributed by atoms with Gasteiger partial charge in [-0.3, -0.25) is 4.79 Å². The molecule has 150 valence electrons. The fraction of sp³-hybridized carbons (Fsp3) is 0.381. The Morgan fingerprint density at radius 2 is 1.71 bits per heavy atom. The highest BCUT2D eigenvalue weighted by Crippen LogP contribution is 2.21. The number of benzene rings is 2. The Balaban J connectivity index is 1.62. The number of quaternary nitrogens is 1. The number of amides is 1. The van der Waals surface area contributed by atoms with Gasteiger partial charge in [-0.25, -0.2) is 8.42 Å². The number of hydrogen-bond donors (Lipinski definition) is 2. The number of aryl methyl sites for hydroxylation is 2. The highest BCUT2D eigenvalue weighted by atomic mass is 32.2. The van der Waals surface area contributed by atoms with Crippen molar-refractivity contribution in [1.29, 1.82) is 0 Å². The first-order valence-corrected chi connectivity index (χ1v) is 11.0. The van der Waals surface area contributed by atoms with E-state index in [1.807, 2.05) is 63.2 Å². The number of piperazine rings is 1. The molecule has 1 aliphatic heterocycles. The van der Waals surface area contributed by atoms with Gasteiger partial charge in [0.2, 0.25) is 10.0 Å². The molecule has 0 saturated carbocycles. The van der Waals surface area contributed by atoms with E-state index in [4.69, 9.17) is 0 Å². The lowest BCUT2D eigenvalue weighted by Gasteiger charge is -2.34. The Morgan fingerprint density at radius 3 is 2.32 bits per heavy atom. The fourth-order valence-electron chi connectivity index (χ4n) is 3.63. The molecule has 1 aliphatic rings. The number of carbonyl (C=O) groups excluding carboxylic acids is 1. The van der Waals surface area contributed by atoms with Crippen LogP contribution in [0.5, 0.6) is 0 Å². The van der Waals surface area contributed by atoms with Crippen LogP contribution in [-0.4, -0.2) is 50.9 Å². The van der Waals surface area contributed by atoms with Gasteiger partial charge in [-0.1, -0.05) is 35.9 Å². The minimum absolute atomic E-state index is 0.0492. The largest absolute Gasteiger partial charge is 0.323 e. The van der Waals surface area contributed by atoms with Crippen LogP contribution in [-0.2, 0) is 14.8 Å². The quantitative estimate of drug-likeness (QED) is 0.790. The molecule has 2 aromatic rings. The summed E-state index contributed by atoms with van der Waals surface area (Å²) in [5, 5.41) is 2.93. The van der Waals surface area contributed by atoms with Crippen molar-refractivity contribution in [1.82, 2.24) is 4.31 Å². The molecule has 2 N–H and O–H groups in total. The predicted octanol–water partition coefficient (Wildman–Crippen LogP) is 1.22. The van der Waals surface area contributed by atoms with E-state index in [2.05, 4.69) is 5.32 Å². The lowest BCUT2D eigenvalue weighted by molar-refractivity contribution is -0.917. The van der Waals surface area contributed by atoms with Crippen LogP contribution in [0.2, 0.25) is 0 Å². The lowest BCUT2D eigenvalue weighted by atomic mass is 10.2. The van der Waals surface area contributed by atoms with Crippen LogP contribution in [0.25, 0.3) is 0 Å². The molecular formula is C21H28N3O3S+. The third-order valence-corrected chi connectivity index (χ3v) is 7.42. The summed E-state index contributed by atoms with van der Waals surface area (Å²) in [5.74, 6) is -0.0492. The van der Waals surface area contributed by atoms with Crippen LogP contribution in [0, 0.1) is 13.8 Å². The fourth-order valence-corrected chi connectivity index (χ4v) is 5.28. The average Bonchev–Trinajstić information content (AvgIpc) is 2.68. The monoisotopic (exact) mass is 402 g/mol. The topological polar surface area (TPSA) is 70.9 Å². The minimum Gasteiger partial charge on any atom is -0.323 e. The van der Waals surface area contributed by atoms with Gasteiger partial charge in [0.15, 0.2) is 6.04 Å². The zero-order chi connectivity index (χ0) is 20.3. The summed E-state index contributed by atoms with van der Waals surface area (Å²) in [4.78, 5) is 14.0. The summed E-state index contributed by atoms with van der Waals surface area (Å²) in [6, 6.07) is 14.5. The maximum atomic E-state index is 13.0. The number of carbonyl (C=O) groups is 1. The third-order valence-electron chi connectivity index (χ3n) is 5.36. The predicted molar refractivity (Wildman–Crippen MR) is 110 cm³/mol. The van der Waals surface area contributed by atoms with Crippen molar-refractivity contribution in [3.8, 4) is 0 Å².